The summed E-state index contributed by atoms with van der Waals surface area (Å²) in [6, 6.07) is 0. The second-order valence-corrected chi connectivity index (χ2v) is 3.03. The number of hydrogen-bond acceptors (Lipinski definition) is 4. The van der Waals surface area contributed by atoms with Gasteiger partial charge in [-0.15, -0.1) is 0 Å². The van der Waals surface area contributed by atoms with Crippen molar-refractivity contribution in [3.63, 3.8) is 0 Å². The van der Waals surface area contributed by atoms with Crippen molar-refractivity contribution in [3.8, 4) is 0 Å². The molecule has 1 unspecified atom stereocenters. The highest BCUT2D eigenvalue weighted by atomic mass is 16.5. The Bertz CT molecular complexity index is 244. The van der Waals surface area contributed by atoms with Gasteiger partial charge in [-0.1, -0.05) is 0 Å². The molecule has 1 atom stereocenters. The molecule has 13 heavy (non-hydrogen) atoms. The predicted octanol–water partition coefficient (Wildman–Crippen LogP) is 0.528. The zero-order chi connectivity index (χ0) is 8.93. The molecule has 1 N–H and O–H groups in total. The van der Waals surface area contributed by atoms with Gasteiger partial charge in [-0.2, -0.15) is 0 Å². The van der Waals surface area contributed by atoms with Crippen molar-refractivity contribution in [3.05, 3.63) is 24.3 Å². The fourth-order valence-electron chi connectivity index (χ4n) is 1.42. The summed E-state index contributed by atoms with van der Waals surface area (Å²) in [5, 5.41) is 3.27. The maximum Gasteiger partial charge on any atom is 0.102 e. The Morgan fingerprint density at radius 3 is 3.23 bits per heavy atom. The molecular formula is C9H13N3O. The van der Waals surface area contributed by atoms with E-state index < -0.39 is 0 Å². The van der Waals surface area contributed by atoms with Crippen LogP contribution in [0.15, 0.2) is 18.6 Å². The highest BCUT2D eigenvalue weighted by Gasteiger charge is 2.15. The third kappa shape index (κ3) is 2.23. The average molecular weight is 179 g/mol. The maximum atomic E-state index is 5.62. The summed E-state index contributed by atoms with van der Waals surface area (Å²) in [5.41, 5.74) is 0.936. The number of ether oxygens (including phenoxy) is 1. The lowest BCUT2D eigenvalue weighted by Gasteiger charge is -2.12. The lowest BCUT2D eigenvalue weighted by Crippen LogP contribution is -2.16. The molecule has 2 rings (SSSR count). The third-order valence-electron chi connectivity index (χ3n) is 2.09. The monoisotopic (exact) mass is 179 g/mol. The fraction of sp³-hybridized carbons (Fsp3) is 0.556. The summed E-state index contributed by atoms with van der Waals surface area (Å²) < 4.78 is 5.62. The Kier molecular flexibility index (Phi) is 2.84. The topological polar surface area (TPSA) is 47.0 Å². The average Bonchev–Trinajstić information content (AvgIpc) is 2.47. The van der Waals surface area contributed by atoms with Gasteiger partial charge >= 0.3 is 0 Å². The van der Waals surface area contributed by atoms with E-state index in [9.17, 15) is 0 Å². The van der Waals surface area contributed by atoms with Crippen LogP contribution in [0.2, 0.25) is 0 Å². The van der Waals surface area contributed by atoms with Gasteiger partial charge in [0.2, 0.25) is 0 Å². The third-order valence-corrected chi connectivity index (χ3v) is 2.09. The Morgan fingerprint density at radius 1 is 1.38 bits per heavy atom. The van der Waals surface area contributed by atoms with Crippen LogP contribution in [-0.2, 0) is 4.74 Å². The number of aromatic nitrogens is 2. The molecule has 4 nitrogen and oxygen atoms in total. The number of rotatable bonds is 1. The largest absolute Gasteiger partial charge is 0.370 e. The number of nitrogens with zero attached hydrogens (tertiary/aromatic N) is 2. The molecule has 70 valence electrons. The van der Waals surface area contributed by atoms with Gasteiger partial charge < -0.3 is 10.1 Å². The first kappa shape index (κ1) is 8.59. The van der Waals surface area contributed by atoms with E-state index >= 15 is 0 Å². The molecule has 1 saturated heterocycles. The summed E-state index contributed by atoms with van der Waals surface area (Å²) >= 11 is 0. The van der Waals surface area contributed by atoms with Gasteiger partial charge in [0.15, 0.2) is 0 Å². The Morgan fingerprint density at radius 2 is 2.38 bits per heavy atom. The molecule has 0 aromatic carbocycles. The van der Waals surface area contributed by atoms with Gasteiger partial charge in [-0.25, -0.2) is 0 Å². The second kappa shape index (κ2) is 4.30. The minimum atomic E-state index is 0.115. The predicted molar refractivity (Wildman–Crippen MR) is 48.2 cm³/mol. The van der Waals surface area contributed by atoms with Gasteiger partial charge in [0.1, 0.15) is 6.10 Å². The summed E-state index contributed by atoms with van der Waals surface area (Å²) in [6.45, 7) is 2.67. The molecule has 2 heterocycles. The van der Waals surface area contributed by atoms with Crippen molar-refractivity contribution in [2.24, 2.45) is 0 Å². The summed E-state index contributed by atoms with van der Waals surface area (Å²) in [4.78, 5) is 8.26. The Balaban J connectivity index is 2.06. The number of hydrogen-bond donors (Lipinski definition) is 1. The molecular weight excluding hydrogens is 166 g/mol. The molecule has 0 radical (unpaired) electrons. The lowest BCUT2D eigenvalue weighted by atomic mass is 10.2. The molecule has 1 fully saturated rings. The highest BCUT2D eigenvalue weighted by Crippen LogP contribution is 2.18. The van der Waals surface area contributed by atoms with E-state index in [0.29, 0.717) is 0 Å². The molecule has 0 saturated carbocycles. The standard InChI is InChI=1S/C9H13N3O/c1-2-10-5-6-13-9(1)8-7-11-3-4-12-8/h3-4,7,9-10H,1-2,5-6H2. The van der Waals surface area contributed by atoms with Crippen molar-refractivity contribution < 1.29 is 4.74 Å². The van der Waals surface area contributed by atoms with Crippen LogP contribution in [0.25, 0.3) is 0 Å². The lowest BCUT2D eigenvalue weighted by molar-refractivity contribution is 0.0611. The van der Waals surface area contributed by atoms with Crippen molar-refractivity contribution in [1.82, 2.24) is 15.3 Å². The number of nitrogens with one attached hydrogen (secondary N) is 1. The van der Waals surface area contributed by atoms with Crippen LogP contribution >= 0.6 is 0 Å². The molecule has 1 aromatic heterocycles. The molecule has 1 aliphatic heterocycles. The second-order valence-electron chi connectivity index (χ2n) is 3.03. The van der Waals surface area contributed by atoms with E-state index in [1.165, 1.54) is 0 Å². The normalized spacial score (nSPS) is 23.8. The van der Waals surface area contributed by atoms with Gasteiger partial charge in [0.05, 0.1) is 18.5 Å². The van der Waals surface area contributed by atoms with Crippen LogP contribution in [0.3, 0.4) is 0 Å². The van der Waals surface area contributed by atoms with E-state index in [4.69, 9.17) is 4.74 Å². The highest BCUT2D eigenvalue weighted by molar-refractivity contribution is 5.00. The Labute approximate surface area is 77.4 Å². The summed E-state index contributed by atoms with van der Waals surface area (Å²) in [7, 11) is 0. The van der Waals surface area contributed by atoms with Crippen molar-refractivity contribution in [2.75, 3.05) is 19.7 Å². The van der Waals surface area contributed by atoms with Crippen molar-refractivity contribution in [2.45, 2.75) is 12.5 Å². The fourth-order valence-corrected chi connectivity index (χ4v) is 1.42. The minimum Gasteiger partial charge on any atom is -0.370 e. The van der Waals surface area contributed by atoms with Gasteiger partial charge in [-0.3, -0.25) is 9.97 Å². The molecule has 4 heteroatoms. The quantitative estimate of drug-likeness (QED) is 0.683. The Hall–Kier alpha value is -1.00. The smallest absolute Gasteiger partial charge is 0.102 e. The van der Waals surface area contributed by atoms with Gasteiger partial charge in [0, 0.05) is 18.9 Å². The SMILES string of the molecule is c1cnc(C2CCNCCO2)cn1. The van der Waals surface area contributed by atoms with Crippen LogP contribution in [0, 0.1) is 0 Å². The van der Waals surface area contributed by atoms with E-state index in [1.54, 1.807) is 18.6 Å². The van der Waals surface area contributed by atoms with E-state index in [2.05, 4.69) is 15.3 Å². The van der Waals surface area contributed by atoms with Crippen LogP contribution in [0.4, 0.5) is 0 Å². The van der Waals surface area contributed by atoms with Crippen LogP contribution < -0.4 is 5.32 Å². The first-order valence-corrected chi connectivity index (χ1v) is 4.55. The minimum absolute atomic E-state index is 0.115. The molecule has 1 aliphatic rings. The van der Waals surface area contributed by atoms with E-state index in [1.807, 2.05) is 0 Å². The molecule has 0 spiro atoms. The van der Waals surface area contributed by atoms with Gasteiger partial charge in [0.25, 0.3) is 0 Å². The van der Waals surface area contributed by atoms with Crippen LogP contribution in [-0.4, -0.2) is 29.7 Å². The maximum absolute atomic E-state index is 5.62. The van der Waals surface area contributed by atoms with Crippen molar-refractivity contribution >= 4 is 0 Å². The first-order valence-electron chi connectivity index (χ1n) is 4.55. The summed E-state index contributed by atoms with van der Waals surface area (Å²) in [5.74, 6) is 0. The zero-order valence-electron chi connectivity index (χ0n) is 7.44. The van der Waals surface area contributed by atoms with Crippen LogP contribution in [0.1, 0.15) is 18.2 Å². The molecule has 1 aromatic rings. The van der Waals surface area contributed by atoms with Crippen LogP contribution in [0.5, 0.6) is 0 Å². The molecule has 0 aliphatic carbocycles. The molecule has 0 bridgehead atoms. The zero-order valence-corrected chi connectivity index (χ0v) is 7.44. The van der Waals surface area contributed by atoms with E-state index in [0.717, 1.165) is 31.8 Å². The first-order chi connectivity index (χ1) is 6.47. The van der Waals surface area contributed by atoms with Gasteiger partial charge in [-0.05, 0) is 13.0 Å². The summed E-state index contributed by atoms with van der Waals surface area (Å²) in [6.07, 6.45) is 6.24. The molecule has 0 amide bonds. The van der Waals surface area contributed by atoms with Crippen molar-refractivity contribution in [1.29, 1.82) is 0 Å². The van der Waals surface area contributed by atoms with E-state index in [-0.39, 0.29) is 6.10 Å².